The molecule has 0 atom stereocenters. The Labute approximate surface area is 156 Å². The second kappa shape index (κ2) is 7.69. The number of aromatic nitrogens is 2. The van der Waals surface area contributed by atoms with Gasteiger partial charge in [0, 0.05) is 19.2 Å². The number of ether oxygens (including phenoxy) is 2. The van der Waals surface area contributed by atoms with Gasteiger partial charge in [0.25, 0.3) is 5.56 Å². The summed E-state index contributed by atoms with van der Waals surface area (Å²) in [5.74, 6) is 1.40. The fourth-order valence-electron chi connectivity index (χ4n) is 3.33. The molecule has 142 valence electrons. The van der Waals surface area contributed by atoms with Gasteiger partial charge in [-0.25, -0.2) is 9.48 Å². The number of fused-ring (bicyclic) bond motifs is 2. The van der Waals surface area contributed by atoms with Crippen molar-refractivity contribution in [3.63, 3.8) is 0 Å². The second-order valence-corrected chi connectivity index (χ2v) is 6.68. The molecule has 0 fully saturated rings. The number of aryl methyl sites for hydroxylation is 2. The van der Waals surface area contributed by atoms with E-state index in [0.717, 1.165) is 42.5 Å². The first-order valence-corrected chi connectivity index (χ1v) is 9.19. The molecule has 1 aliphatic carbocycles. The molecule has 0 bridgehead atoms. The maximum Gasteiger partial charge on any atom is 0.315 e. The highest BCUT2D eigenvalue weighted by molar-refractivity contribution is 5.73. The van der Waals surface area contributed by atoms with Crippen molar-refractivity contribution in [3.05, 3.63) is 51.4 Å². The number of urea groups is 1. The van der Waals surface area contributed by atoms with Crippen LogP contribution in [0.2, 0.25) is 0 Å². The fraction of sp³-hybridized carbons (Fsp3) is 0.421. The summed E-state index contributed by atoms with van der Waals surface area (Å²) in [7, 11) is 0. The van der Waals surface area contributed by atoms with E-state index in [2.05, 4.69) is 15.7 Å². The molecule has 0 saturated carbocycles. The monoisotopic (exact) mass is 370 g/mol. The van der Waals surface area contributed by atoms with Crippen molar-refractivity contribution in [2.24, 2.45) is 0 Å². The van der Waals surface area contributed by atoms with Crippen molar-refractivity contribution in [1.29, 1.82) is 0 Å². The number of hydrogen-bond acceptors (Lipinski definition) is 5. The van der Waals surface area contributed by atoms with Gasteiger partial charge in [-0.1, -0.05) is 6.07 Å². The summed E-state index contributed by atoms with van der Waals surface area (Å²) in [5, 5.41) is 9.99. The quantitative estimate of drug-likeness (QED) is 0.829. The Hall–Kier alpha value is -3.03. The topological polar surface area (TPSA) is 94.5 Å². The molecule has 0 unspecified atom stereocenters. The number of carbonyl (C=O) groups excluding carboxylic acids is 1. The standard InChI is InChI=1S/C19H22N4O4/c24-18-10-14-3-1-2-4-15(14)22-23(18)8-7-20-19(25)21-11-13-5-6-16-17(9-13)27-12-26-16/h5-6,9-10H,1-4,7-8,11-12H2,(H2,20,21,25). The molecule has 2 aromatic rings. The smallest absolute Gasteiger partial charge is 0.315 e. The maximum absolute atomic E-state index is 12.1. The zero-order chi connectivity index (χ0) is 18.6. The predicted molar refractivity (Wildman–Crippen MR) is 97.9 cm³/mol. The Balaban J connectivity index is 1.26. The van der Waals surface area contributed by atoms with E-state index in [1.165, 1.54) is 4.68 Å². The maximum atomic E-state index is 12.1. The molecular weight excluding hydrogens is 348 g/mol. The third-order valence-electron chi connectivity index (χ3n) is 4.77. The Morgan fingerprint density at radius 2 is 1.96 bits per heavy atom. The van der Waals surface area contributed by atoms with Gasteiger partial charge >= 0.3 is 6.03 Å². The van der Waals surface area contributed by atoms with E-state index in [0.29, 0.717) is 31.1 Å². The number of hydrogen-bond donors (Lipinski definition) is 2. The predicted octanol–water partition coefficient (Wildman–Crippen LogP) is 1.35. The first-order valence-electron chi connectivity index (χ1n) is 9.19. The summed E-state index contributed by atoms with van der Waals surface area (Å²) in [5.41, 5.74) is 2.88. The van der Waals surface area contributed by atoms with E-state index in [4.69, 9.17) is 9.47 Å². The molecule has 1 aromatic heterocycles. The first-order chi connectivity index (χ1) is 13.2. The Morgan fingerprint density at radius 3 is 2.89 bits per heavy atom. The Bertz CT molecular complexity index is 909. The van der Waals surface area contributed by atoms with Gasteiger partial charge < -0.3 is 20.1 Å². The molecule has 2 amide bonds. The highest BCUT2D eigenvalue weighted by atomic mass is 16.7. The molecule has 1 aliphatic heterocycles. The van der Waals surface area contributed by atoms with Crippen molar-refractivity contribution in [3.8, 4) is 11.5 Å². The van der Waals surface area contributed by atoms with Gasteiger partial charge in [-0.2, -0.15) is 5.10 Å². The van der Waals surface area contributed by atoms with Crippen LogP contribution in [-0.4, -0.2) is 29.1 Å². The van der Waals surface area contributed by atoms with Gasteiger partial charge in [0.15, 0.2) is 11.5 Å². The van der Waals surface area contributed by atoms with Crippen molar-refractivity contribution < 1.29 is 14.3 Å². The van der Waals surface area contributed by atoms with Crippen LogP contribution in [0.4, 0.5) is 4.79 Å². The van der Waals surface area contributed by atoms with Gasteiger partial charge in [0.1, 0.15) is 0 Å². The highest BCUT2D eigenvalue weighted by Crippen LogP contribution is 2.32. The van der Waals surface area contributed by atoms with Gasteiger partial charge in [0.2, 0.25) is 6.79 Å². The zero-order valence-corrected chi connectivity index (χ0v) is 15.0. The number of benzene rings is 1. The molecule has 0 spiro atoms. The van der Waals surface area contributed by atoms with Crippen LogP contribution < -0.4 is 25.7 Å². The number of amides is 2. The van der Waals surface area contributed by atoms with E-state index in [9.17, 15) is 9.59 Å². The van der Waals surface area contributed by atoms with Crippen molar-refractivity contribution in [2.75, 3.05) is 13.3 Å². The molecule has 4 rings (SSSR count). The average molecular weight is 370 g/mol. The number of nitrogens with one attached hydrogen (secondary N) is 2. The first kappa shape index (κ1) is 17.4. The lowest BCUT2D eigenvalue weighted by molar-refractivity contribution is 0.174. The van der Waals surface area contributed by atoms with E-state index in [-0.39, 0.29) is 18.4 Å². The second-order valence-electron chi connectivity index (χ2n) is 6.68. The van der Waals surface area contributed by atoms with E-state index in [1.807, 2.05) is 18.2 Å². The largest absolute Gasteiger partial charge is 0.454 e. The van der Waals surface area contributed by atoms with Crippen LogP contribution >= 0.6 is 0 Å². The van der Waals surface area contributed by atoms with Crippen molar-refractivity contribution in [2.45, 2.75) is 38.8 Å². The molecule has 0 radical (unpaired) electrons. The Kier molecular flexibility index (Phi) is 4.95. The average Bonchev–Trinajstić information content (AvgIpc) is 3.14. The number of rotatable bonds is 5. The van der Waals surface area contributed by atoms with Crippen LogP contribution in [-0.2, 0) is 25.9 Å². The molecular formula is C19H22N4O4. The lowest BCUT2D eigenvalue weighted by Gasteiger charge is -2.16. The van der Waals surface area contributed by atoms with Gasteiger partial charge in [-0.15, -0.1) is 0 Å². The van der Waals surface area contributed by atoms with Crippen LogP contribution in [0, 0.1) is 0 Å². The van der Waals surface area contributed by atoms with E-state index < -0.39 is 0 Å². The third-order valence-corrected chi connectivity index (χ3v) is 4.77. The van der Waals surface area contributed by atoms with Gasteiger partial charge in [0.05, 0.1) is 12.2 Å². The van der Waals surface area contributed by atoms with Crippen LogP contribution in [0.3, 0.4) is 0 Å². The van der Waals surface area contributed by atoms with Gasteiger partial charge in [-0.05, 0) is 48.9 Å². The van der Waals surface area contributed by atoms with Crippen molar-refractivity contribution in [1.82, 2.24) is 20.4 Å². The third kappa shape index (κ3) is 4.05. The van der Waals surface area contributed by atoms with Gasteiger partial charge in [-0.3, -0.25) is 4.79 Å². The molecule has 8 nitrogen and oxygen atoms in total. The molecule has 2 aliphatic rings. The SMILES string of the molecule is O=C(NCCn1nc2c(cc1=O)CCCC2)NCc1ccc2c(c1)OCO2. The summed E-state index contributed by atoms with van der Waals surface area (Å²) in [6.45, 7) is 1.28. The lowest BCUT2D eigenvalue weighted by atomic mass is 9.97. The molecule has 0 saturated heterocycles. The fourth-order valence-corrected chi connectivity index (χ4v) is 3.33. The summed E-state index contributed by atoms with van der Waals surface area (Å²) in [6, 6.07) is 6.94. The summed E-state index contributed by atoms with van der Waals surface area (Å²) < 4.78 is 12.0. The summed E-state index contributed by atoms with van der Waals surface area (Å²) >= 11 is 0. The molecule has 2 N–H and O–H groups in total. The lowest BCUT2D eigenvalue weighted by Crippen LogP contribution is -2.38. The summed E-state index contributed by atoms with van der Waals surface area (Å²) in [6.07, 6.45) is 4.07. The number of carbonyl (C=O) groups is 1. The molecule has 2 heterocycles. The molecule has 1 aromatic carbocycles. The van der Waals surface area contributed by atoms with Crippen molar-refractivity contribution >= 4 is 6.03 Å². The summed E-state index contributed by atoms with van der Waals surface area (Å²) in [4.78, 5) is 24.1. The van der Waals surface area contributed by atoms with E-state index in [1.54, 1.807) is 6.07 Å². The zero-order valence-electron chi connectivity index (χ0n) is 15.0. The minimum atomic E-state index is -0.293. The minimum absolute atomic E-state index is 0.113. The minimum Gasteiger partial charge on any atom is -0.454 e. The number of nitrogens with zero attached hydrogens (tertiary/aromatic N) is 2. The van der Waals surface area contributed by atoms with Crippen LogP contribution in [0.5, 0.6) is 11.5 Å². The highest BCUT2D eigenvalue weighted by Gasteiger charge is 2.14. The normalized spacial score (nSPS) is 14.5. The Morgan fingerprint density at radius 1 is 1.11 bits per heavy atom. The van der Waals surface area contributed by atoms with E-state index >= 15 is 0 Å². The van der Waals surface area contributed by atoms with Crippen LogP contribution in [0.1, 0.15) is 29.7 Å². The van der Waals surface area contributed by atoms with Crippen LogP contribution in [0.15, 0.2) is 29.1 Å². The molecule has 27 heavy (non-hydrogen) atoms. The van der Waals surface area contributed by atoms with Crippen LogP contribution in [0.25, 0.3) is 0 Å². The molecule has 8 heteroatoms.